The molecule has 3 heterocycles. The van der Waals surface area contributed by atoms with Crippen LogP contribution >= 0.6 is 0 Å². The number of benzene rings is 1. The summed E-state index contributed by atoms with van der Waals surface area (Å²) in [5.74, 6) is 0.888. The van der Waals surface area contributed by atoms with E-state index in [2.05, 4.69) is 5.32 Å². The van der Waals surface area contributed by atoms with Crippen LogP contribution in [0.2, 0.25) is 0 Å². The van der Waals surface area contributed by atoms with Crippen LogP contribution in [0.5, 0.6) is 11.5 Å². The van der Waals surface area contributed by atoms with Gasteiger partial charge in [-0.2, -0.15) is 4.31 Å². The van der Waals surface area contributed by atoms with E-state index in [1.165, 1.54) is 21.1 Å². The van der Waals surface area contributed by atoms with Gasteiger partial charge in [-0.15, -0.1) is 0 Å². The summed E-state index contributed by atoms with van der Waals surface area (Å²) in [4.78, 5) is 13.1. The molecule has 2 aliphatic rings. The van der Waals surface area contributed by atoms with Crippen molar-refractivity contribution >= 4 is 21.6 Å². The van der Waals surface area contributed by atoms with Crippen molar-refractivity contribution in [2.24, 2.45) is 7.05 Å². The van der Waals surface area contributed by atoms with Gasteiger partial charge in [0.25, 0.3) is 5.91 Å². The number of anilines is 1. The number of amides is 1. The van der Waals surface area contributed by atoms with Gasteiger partial charge in [-0.1, -0.05) is 0 Å². The maximum Gasteiger partial charge on any atom is 0.272 e. The fraction of sp³-hybridized carbons (Fsp3) is 0.476. The Hall–Kier alpha value is -2.52. The topological polar surface area (TPSA) is 89.9 Å². The van der Waals surface area contributed by atoms with Crippen LogP contribution in [0.1, 0.15) is 42.7 Å². The number of aryl methyl sites for hydroxylation is 1. The highest BCUT2D eigenvalue weighted by Crippen LogP contribution is 2.38. The summed E-state index contributed by atoms with van der Waals surface area (Å²) in [6, 6.07) is 5.09. The molecule has 0 radical (unpaired) electrons. The van der Waals surface area contributed by atoms with Crippen LogP contribution < -0.4 is 14.8 Å². The second-order valence-electron chi connectivity index (χ2n) is 7.76. The number of sulfonamides is 1. The summed E-state index contributed by atoms with van der Waals surface area (Å²) in [5.41, 5.74) is 1.80. The highest BCUT2D eigenvalue weighted by molar-refractivity contribution is 7.89. The average Bonchev–Trinajstić information content (AvgIpc) is 3.41. The fourth-order valence-electron chi connectivity index (χ4n) is 3.98. The van der Waals surface area contributed by atoms with E-state index in [9.17, 15) is 13.2 Å². The van der Waals surface area contributed by atoms with Gasteiger partial charge in [0.1, 0.15) is 28.2 Å². The summed E-state index contributed by atoms with van der Waals surface area (Å²) in [5, 5.41) is 2.86. The molecule has 1 aromatic heterocycles. The molecule has 1 amide bonds. The molecule has 0 unspecified atom stereocenters. The zero-order valence-corrected chi connectivity index (χ0v) is 18.3. The molecule has 1 atom stereocenters. The molecule has 8 nitrogen and oxygen atoms in total. The first-order valence-electron chi connectivity index (χ1n) is 10.2. The van der Waals surface area contributed by atoms with Crippen LogP contribution in [0.3, 0.4) is 0 Å². The molecule has 162 valence electrons. The molecular weight excluding hydrogens is 406 g/mol. The smallest absolute Gasteiger partial charge is 0.272 e. The van der Waals surface area contributed by atoms with Crippen LogP contribution in [0.4, 0.5) is 5.69 Å². The van der Waals surface area contributed by atoms with E-state index < -0.39 is 15.9 Å². The van der Waals surface area contributed by atoms with Gasteiger partial charge in [-0.3, -0.25) is 4.79 Å². The monoisotopic (exact) mass is 433 g/mol. The lowest BCUT2D eigenvalue weighted by atomic mass is 10.1. The summed E-state index contributed by atoms with van der Waals surface area (Å²) in [6.07, 6.45) is 4.07. The van der Waals surface area contributed by atoms with E-state index >= 15 is 0 Å². The number of hydrogen-bond acceptors (Lipinski definition) is 5. The van der Waals surface area contributed by atoms with Crippen molar-refractivity contribution in [1.82, 2.24) is 8.87 Å². The first-order valence-corrected chi connectivity index (χ1v) is 11.7. The first-order chi connectivity index (χ1) is 14.3. The van der Waals surface area contributed by atoms with Gasteiger partial charge < -0.3 is 19.4 Å². The molecule has 9 heteroatoms. The highest BCUT2D eigenvalue weighted by Gasteiger charge is 2.30. The molecule has 0 aliphatic carbocycles. The zero-order chi connectivity index (χ0) is 21.5. The Morgan fingerprint density at radius 1 is 1.27 bits per heavy atom. The molecule has 2 aliphatic heterocycles. The zero-order valence-electron chi connectivity index (χ0n) is 17.5. The maximum absolute atomic E-state index is 13.0. The van der Waals surface area contributed by atoms with E-state index in [4.69, 9.17) is 9.47 Å². The predicted octanol–water partition coefficient (Wildman–Crippen LogP) is 2.78. The Morgan fingerprint density at radius 3 is 2.70 bits per heavy atom. The fourth-order valence-corrected chi connectivity index (χ4v) is 5.57. The van der Waals surface area contributed by atoms with Gasteiger partial charge in [0.15, 0.2) is 0 Å². The Balaban J connectivity index is 1.61. The standard InChI is InChI=1S/C21H27N3O5S/c1-4-28-20-10-15-9-14(2)29-19(15)12-17(20)22-21(25)18-11-16(13-23(18)3)30(26,27)24-7-5-6-8-24/h10-14H,4-9H2,1-3H3,(H,22,25)/t14-/m0/s1. The summed E-state index contributed by atoms with van der Waals surface area (Å²) in [6.45, 7) is 5.37. The van der Waals surface area contributed by atoms with Crippen LogP contribution in [-0.2, 0) is 23.5 Å². The molecule has 30 heavy (non-hydrogen) atoms. The number of ether oxygens (including phenoxy) is 2. The van der Waals surface area contributed by atoms with Gasteiger partial charge >= 0.3 is 0 Å². The number of carbonyl (C=O) groups is 1. The van der Waals surface area contributed by atoms with Crippen molar-refractivity contribution in [2.75, 3.05) is 25.0 Å². The number of rotatable bonds is 6. The summed E-state index contributed by atoms with van der Waals surface area (Å²) < 4.78 is 40.2. The average molecular weight is 434 g/mol. The van der Waals surface area contributed by atoms with Gasteiger partial charge in [-0.25, -0.2) is 8.42 Å². The Kier molecular flexibility index (Phi) is 5.50. The number of nitrogens with one attached hydrogen (secondary N) is 1. The maximum atomic E-state index is 13.0. The van der Waals surface area contributed by atoms with Crippen molar-refractivity contribution in [3.8, 4) is 11.5 Å². The summed E-state index contributed by atoms with van der Waals surface area (Å²) >= 11 is 0. The van der Waals surface area contributed by atoms with E-state index in [1.807, 2.05) is 19.9 Å². The number of carbonyl (C=O) groups excluding carboxylic acids is 1. The molecule has 1 N–H and O–H groups in total. The third-order valence-corrected chi connectivity index (χ3v) is 7.33. The van der Waals surface area contributed by atoms with Crippen molar-refractivity contribution in [3.05, 3.63) is 35.7 Å². The normalized spacial score (nSPS) is 18.8. The molecule has 0 bridgehead atoms. The van der Waals surface area contributed by atoms with Crippen molar-refractivity contribution in [2.45, 2.75) is 44.1 Å². The van der Waals surface area contributed by atoms with Gasteiger partial charge in [0, 0.05) is 44.4 Å². The number of fused-ring (bicyclic) bond motifs is 1. The molecule has 4 rings (SSSR count). The minimum absolute atomic E-state index is 0.0756. The van der Waals surface area contributed by atoms with E-state index in [0.29, 0.717) is 31.1 Å². The first kappa shape index (κ1) is 20.7. The van der Waals surface area contributed by atoms with E-state index in [-0.39, 0.29) is 16.7 Å². The Labute approximate surface area is 176 Å². The minimum atomic E-state index is -3.59. The van der Waals surface area contributed by atoms with Crippen LogP contribution in [-0.4, -0.2) is 49.0 Å². The molecular formula is C21H27N3O5S. The molecule has 0 spiro atoms. The van der Waals surface area contributed by atoms with Crippen molar-refractivity contribution in [3.63, 3.8) is 0 Å². The van der Waals surface area contributed by atoms with Crippen LogP contribution in [0, 0.1) is 0 Å². The SMILES string of the molecule is CCOc1cc2c(cc1NC(=O)c1cc(S(=O)(=O)N3CCCC3)cn1C)O[C@@H](C)C2. The van der Waals surface area contributed by atoms with Crippen LogP contribution in [0.25, 0.3) is 0 Å². The Bertz CT molecular complexity index is 1070. The molecule has 1 saturated heterocycles. The van der Waals surface area contributed by atoms with Gasteiger partial charge in [-0.05, 0) is 38.8 Å². The van der Waals surface area contributed by atoms with Gasteiger partial charge in [0.05, 0.1) is 12.3 Å². The van der Waals surface area contributed by atoms with Crippen molar-refractivity contribution in [1.29, 1.82) is 0 Å². The lowest BCUT2D eigenvalue weighted by Crippen LogP contribution is -2.27. The molecule has 1 fully saturated rings. The minimum Gasteiger partial charge on any atom is -0.492 e. The molecule has 1 aromatic carbocycles. The second-order valence-corrected chi connectivity index (χ2v) is 9.70. The lowest BCUT2D eigenvalue weighted by molar-refractivity contribution is 0.101. The van der Waals surface area contributed by atoms with Crippen LogP contribution in [0.15, 0.2) is 29.3 Å². The number of aromatic nitrogens is 1. The lowest BCUT2D eigenvalue weighted by Gasteiger charge is -2.14. The third kappa shape index (κ3) is 3.79. The quantitative estimate of drug-likeness (QED) is 0.757. The summed E-state index contributed by atoms with van der Waals surface area (Å²) in [7, 11) is -1.93. The number of hydrogen-bond donors (Lipinski definition) is 1. The van der Waals surface area contributed by atoms with Gasteiger partial charge in [0.2, 0.25) is 10.0 Å². The highest BCUT2D eigenvalue weighted by atomic mass is 32.2. The van der Waals surface area contributed by atoms with E-state index in [1.54, 1.807) is 13.1 Å². The molecule has 2 aromatic rings. The Morgan fingerprint density at radius 2 is 2.00 bits per heavy atom. The molecule has 0 saturated carbocycles. The van der Waals surface area contributed by atoms with E-state index in [0.717, 1.165) is 30.6 Å². The van der Waals surface area contributed by atoms with Crippen molar-refractivity contribution < 1.29 is 22.7 Å². The second kappa shape index (κ2) is 7.96. The number of nitrogens with zero attached hydrogens (tertiary/aromatic N) is 2. The largest absolute Gasteiger partial charge is 0.492 e. The predicted molar refractivity (Wildman–Crippen MR) is 113 cm³/mol. The third-order valence-electron chi connectivity index (χ3n) is 5.46.